The van der Waals surface area contributed by atoms with Crippen molar-refractivity contribution in [3.05, 3.63) is 54.7 Å². The lowest BCUT2D eigenvalue weighted by molar-refractivity contribution is -0.0614. The zero-order chi connectivity index (χ0) is 26.8. The highest BCUT2D eigenvalue weighted by Crippen LogP contribution is 2.38. The van der Waals surface area contributed by atoms with Gasteiger partial charge in [0.15, 0.2) is 5.82 Å². The second-order valence-corrected chi connectivity index (χ2v) is 9.56. The molecule has 0 spiro atoms. The van der Waals surface area contributed by atoms with Crippen molar-refractivity contribution >= 4 is 39.0 Å². The molecule has 1 N–H and O–H groups in total. The predicted molar refractivity (Wildman–Crippen MR) is 141 cm³/mol. The summed E-state index contributed by atoms with van der Waals surface area (Å²) in [5.74, 6) is 0.384. The fourth-order valence-corrected chi connectivity index (χ4v) is 4.68. The lowest BCUT2D eigenvalue weighted by atomic mass is 10.1. The molecule has 11 heteroatoms. The standard InChI is InChI=1S/C27H29F3N6O2/c1-16(13-35(2)3)38-22-12-17(36-9-10-37-23(14-36)26(29)30)11-21-24(22)27(33-15-32-21)34-20-7-6-19-18(25(20)28)5-4-8-31-19/h4-8,11-12,15-16,23,26H,9-10,13-14H2,1-3H3,(H,32,33,34)/t16-,23+/m1/s1. The Bertz CT molecular complexity index is 1440. The van der Waals surface area contributed by atoms with E-state index in [1.807, 2.05) is 30.8 Å². The van der Waals surface area contributed by atoms with Gasteiger partial charge in [0, 0.05) is 43.0 Å². The van der Waals surface area contributed by atoms with E-state index in [0.29, 0.717) is 52.2 Å². The minimum Gasteiger partial charge on any atom is -0.488 e. The summed E-state index contributed by atoms with van der Waals surface area (Å²) in [5, 5.41) is 4.05. The molecule has 4 aromatic rings. The molecule has 0 radical (unpaired) electrons. The van der Waals surface area contributed by atoms with Gasteiger partial charge in [0.1, 0.15) is 30.1 Å². The number of nitrogens with one attached hydrogen (secondary N) is 1. The summed E-state index contributed by atoms with van der Waals surface area (Å²) in [7, 11) is 3.89. The molecule has 0 saturated carbocycles. The molecule has 38 heavy (non-hydrogen) atoms. The number of morpholine rings is 1. The Kier molecular flexibility index (Phi) is 7.48. The van der Waals surface area contributed by atoms with Crippen molar-refractivity contribution < 1.29 is 22.6 Å². The van der Waals surface area contributed by atoms with Crippen LogP contribution >= 0.6 is 0 Å². The van der Waals surface area contributed by atoms with Gasteiger partial charge in [-0.05, 0) is 51.4 Å². The van der Waals surface area contributed by atoms with Crippen LogP contribution in [0.5, 0.6) is 5.75 Å². The average molecular weight is 527 g/mol. The van der Waals surface area contributed by atoms with E-state index in [1.165, 1.54) is 6.33 Å². The van der Waals surface area contributed by atoms with Crippen LogP contribution in [0.4, 0.5) is 30.4 Å². The number of halogens is 3. The summed E-state index contributed by atoms with van der Waals surface area (Å²) in [5.41, 5.74) is 2.00. The monoisotopic (exact) mass is 526 g/mol. The molecule has 2 aromatic heterocycles. The van der Waals surface area contributed by atoms with Gasteiger partial charge in [-0.15, -0.1) is 0 Å². The van der Waals surface area contributed by atoms with Gasteiger partial charge in [-0.25, -0.2) is 23.1 Å². The third kappa shape index (κ3) is 5.44. The van der Waals surface area contributed by atoms with E-state index in [0.717, 1.165) is 0 Å². The predicted octanol–water partition coefficient (Wildman–Crippen LogP) is 4.86. The van der Waals surface area contributed by atoms with Gasteiger partial charge in [-0.1, -0.05) is 0 Å². The van der Waals surface area contributed by atoms with Gasteiger partial charge in [-0.3, -0.25) is 4.98 Å². The molecule has 1 fully saturated rings. The first-order valence-electron chi connectivity index (χ1n) is 12.3. The molecule has 1 aliphatic heterocycles. The molecule has 0 amide bonds. The van der Waals surface area contributed by atoms with Crippen molar-refractivity contribution in [3.63, 3.8) is 0 Å². The number of likely N-dealkylation sites (N-methyl/N-ethyl adjacent to an activating group) is 1. The Morgan fingerprint density at radius 2 is 2.00 bits per heavy atom. The van der Waals surface area contributed by atoms with Gasteiger partial charge in [0.05, 0.1) is 28.7 Å². The molecule has 2 aromatic carbocycles. The molecule has 1 saturated heterocycles. The first kappa shape index (κ1) is 25.9. The number of alkyl halides is 2. The lowest BCUT2D eigenvalue weighted by Crippen LogP contribution is -2.45. The third-order valence-electron chi connectivity index (χ3n) is 6.35. The van der Waals surface area contributed by atoms with Crippen LogP contribution in [0.2, 0.25) is 0 Å². The van der Waals surface area contributed by atoms with Gasteiger partial charge in [0.2, 0.25) is 0 Å². The number of benzene rings is 2. The molecule has 0 bridgehead atoms. The summed E-state index contributed by atoms with van der Waals surface area (Å²) in [6.07, 6.45) is -0.980. The number of nitrogens with zero attached hydrogens (tertiary/aromatic N) is 5. The lowest BCUT2D eigenvalue weighted by Gasteiger charge is -2.34. The second-order valence-electron chi connectivity index (χ2n) is 9.56. The largest absolute Gasteiger partial charge is 0.488 e. The Balaban J connectivity index is 1.58. The van der Waals surface area contributed by atoms with Crippen LogP contribution in [0.15, 0.2) is 48.9 Å². The summed E-state index contributed by atoms with van der Waals surface area (Å²) < 4.78 is 53.7. The van der Waals surface area contributed by atoms with E-state index < -0.39 is 18.3 Å². The third-order valence-corrected chi connectivity index (χ3v) is 6.35. The number of fused-ring (bicyclic) bond motifs is 2. The van der Waals surface area contributed by atoms with Crippen LogP contribution in [0.3, 0.4) is 0 Å². The highest BCUT2D eigenvalue weighted by Gasteiger charge is 2.29. The number of hydrogen-bond donors (Lipinski definition) is 1. The summed E-state index contributed by atoms with van der Waals surface area (Å²) in [6.45, 7) is 3.26. The van der Waals surface area contributed by atoms with Crippen LogP contribution < -0.4 is 15.0 Å². The van der Waals surface area contributed by atoms with Crippen molar-refractivity contribution in [2.45, 2.75) is 25.6 Å². The molecule has 8 nitrogen and oxygen atoms in total. The number of pyridine rings is 1. The maximum absolute atomic E-state index is 15.4. The number of aromatic nitrogens is 3. The Morgan fingerprint density at radius 1 is 1.16 bits per heavy atom. The van der Waals surface area contributed by atoms with Crippen LogP contribution in [0.1, 0.15) is 6.92 Å². The van der Waals surface area contributed by atoms with Crippen molar-refractivity contribution in [3.8, 4) is 5.75 Å². The highest BCUT2D eigenvalue weighted by molar-refractivity contribution is 5.98. The minimum atomic E-state index is -2.58. The molecule has 2 atom stereocenters. The maximum Gasteiger partial charge on any atom is 0.266 e. The molecule has 0 aliphatic carbocycles. The SMILES string of the molecule is C[C@H](CN(C)C)Oc1cc(N2CCO[C@H](C(F)F)C2)cc2ncnc(Nc3ccc4ncccc4c3F)c12. The van der Waals surface area contributed by atoms with Crippen LogP contribution in [-0.2, 0) is 4.74 Å². The smallest absolute Gasteiger partial charge is 0.266 e. The minimum absolute atomic E-state index is 0.0440. The zero-order valence-corrected chi connectivity index (χ0v) is 21.4. The summed E-state index contributed by atoms with van der Waals surface area (Å²) in [6, 6.07) is 10.3. The zero-order valence-electron chi connectivity index (χ0n) is 21.4. The van der Waals surface area contributed by atoms with E-state index in [1.54, 1.807) is 42.6 Å². The van der Waals surface area contributed by atoms with E-state index in [9.17, 15) is 8.78 Å². The molecule has 1 aliphatic rings. The van der Waals surface area contributed by atoms with Crippen LogP contribution in [0.25, 0.3) is 21.8 Å². The Hall–Kier alpha value is -3.70. The van der Waals surface area contributed by atoms with Gasteiger partial charge in [-0.2, -0.15) is 0 Å². The van der Waals surface area contributed by atoms with Crippen molar-refractivity contribution in [2.24, 2.45) is 0 Å². The van der Waals surface area contributed by atoms with E-state index in [4.69, 9.17) is 9.47 Å². The number of rotatable bonds is 8. The highest BCUT2D eigenvalue weighted by atomic mass is 19.3. The first-order valence-corrected chi connectivity index (χ1v) is 12.3. The van der Waals surface area contributed by atoms with Crippen molar-refractivity contribution in [1.82, 2.24) is 19.9 Å². The fraction of sp³-hybridized carbons (Fsp3) is 0.370. The molecular formula is C27H29F3N6O2. The van der Waals surface area contributed by atoms with Crippen LogP contribution in [-0.4, -0.2) is 78.8 Å². The first-order chi connectivity index (χ1) is 18.3. The van der Waals surface area contributed by atoms with Gasteiger partial charge in [0.25, 0.3) is 6.43 Å². The van der Waals surface area contributed by atoms with Gasteiger partial charge < -0.3 is 24.6 Å². The maximum atomic E-state index is 15.4. The summed E-state index contributed by atoms with van der Waals surface area (Å²) >= 11 is 0. The van der Waals surface area contributed by atoms with E-state index in [-0.39, 0.29) is 24.9 Å². The normalized spacial score (nSPS) is 16.9. The molecule has 200 valence electrons. The second kappa shape index (κ2) is 11.0. The van der Waals surface area contributed by atoms with E-state index >= 15 is 4.39 Å². The molecule has 5 rings (SSSR count). The number of ether oxygens (including phenoxy) is 2. The Labute approximate surface area is 218 Å². The Morgan fingerprint density at radius 3 is 2.79 bits per heavy atom. The number of anilines is 3. The number of hydrogen-bond acceptors (Lipinski definition) is 8. The fourth-order valence-electron chi connectivity index (χ4n) is 4.68. The van der Waals surface area contributed by atoms with Gasteiger partial charge >= 0.3 is 0 Å². The average Bonchev–Trinajstić information content (AvgIpc) is 2.90. The quantitative estimate of drug-likeness (QED) is 0.349. The molecule has 0 unspecified atom stereocenters. The molecule has 3 heterocycles. The summed E-state index contributed by atoms with van der Waals surface area (Å²) in [4.78, 5) is 16.9. The topological polar surface area (TPSA) is 75.6 Å². The van der Waals surface area contributed by atoms with Crippen molar-refractivity contribution in [1.29, 1.82) is 0 Å². The molecular weight excluding hydrogens is 497 g/mol. The van der Waals surface area contributed by atoms with Crippen molar-refractivity contribution in [2.75, 3.05) is 50.6 Å². The van der Waals surface area contributed by atoms with Crippen LogP contribution in [0, 0.1) is 5.82 Å². The van der Waals surface area contributed by atoms with E-state index in [2.05, 4.69) is 20.3 Å².